The van der Waals surface area contributed by atoms with Gasteiger partial charge >= 0.3 is 0 Å². The Bertz CT molecular complexity index is 1310. The van der Waals surface area contributed by atoms with Gasteiger partial charge in [0, 0.05) is 30.7 Å². The van der Waals surface area contributed by atoms with Gasteiger partial charge in [0.05, 0.1) is 22.1 Å². The van der Waals surface area contributed by atoms with Crippen LogP contribution in [-0.4, -0.2) is 40.3 Å². The summed E-state index contributed by atoms with van der Waals surface area (Å²) in [4.78, 5) is 29.4. The number of aryl methyl sites for hydroxylation is 1. The van der Waals surface area contributed by atoms with Gasteiger partial charge in [-0.15, -0.1) is 0 Å². The normalized spacial score (nSPS) is 19.5. The highest BCUT2D eigenvalue weighted by Gasteiger charge is 2.35. The second kappa shape index (κ2) is 9.44. The number of sulfonamides is 1. The number of aromatic nitrogens is 2. The van der Waals surface area contributed by atoms with Gasteiger partial charge in [0.1, 0.15) is 0 Å². The molecule has 1 fully saturated rings. The summed E-state index contributed by atoms with van der Waals surface area (Å²) in [6.45, 7) is 4.08. The number of rotatable bonds is 6. The maximum absolute atomic E-state index is 13.1. The summed E-state index contributed by atoms with van der Waals surface area (Å²) in [5.41, 5.74) is 0.929. The van der Waals surface area contributed by atoms with Crippen molar-refractivity contribution in [2.24, 2.45) is 0 Å². The van der Waals surface area contributed by atoms with Gasteiger partial charge in [-0.3, -0.25) is 14.2 Å². The fourth-order valence-electron chi connectivity index (χ4n) is 4.41. The average Bonchev–Trinajstić information content (AvgIpc) is 2.79. The summed E-state index contributed by atoms with van der Waals surface area (Å²) in [7, 11) is -3.60. The number of piperidine rings is 1. The zero-order valence-electron chi connectivity index (χ0n) is 18.8. The predicted octanol–water partition coefficient (Wildman–Crippen LogP) is 3.38. The van der Waals surface area contributed by atoms with Crippen molar-refractivity contribution in [3.63, 3.8) is 0 Å². The molecule has 0 spiro atoms. The number of nitrogens with zero attached hydrogens (tertiary/aromatic N) is 3. The van der Waals surface area contributed by atoms with E-state index in [-0.39, 0.29) is 41.4 Å². The van der Waals surface area contributed by atoms with E-state index in [1.54, 1.807) is 34.6 Å². The smallest absolute Gasteiger partial charge is 0.261 e. The molecule has 1 N–H and O–H groups in total. The quantitative estimate of drug-likeness (QED) is 0.598. The molecule has 9 heteroatoms. The molecule has 8 nitrogen and oxygen atoms in total. The van der Waals surface area contributed by atoms with E-state index in [9.17, 15) is 18.0 Å². The Hall–Kier alpha value is -3.04. The topological polar surface area (TPSA) is 101 Å². The van der Waals surface area contributed by atoms with Crippen molar-refractivity contribution in [3.05, 3.63) is 65.2 Å². The van der Waals surface area contributed by atoms with Gasteiger partial charge in [-0.2, -0.15) is 4.31 Å². The second-order valence-corrected chi connectivity index (χ2v) is 10.4. The van der Waals surface area contributed by atoms with E-state index in [2.05, 4.69) is 10.3 Å². The zero-order chi connectivity index (χ0) is 23.6. The van der Waals surface area contributed by atoms with Gasteiger partial charge in [-0.1, -0.05) is 18.6 Å². The molecule has 1 saturated heterocycles. The lowest BCUT2D eigenvalue weighted by Gasteiger charge is -2.37. The molecule has 1 amide bonds. The van der Waals surface area contributed by atoms with E-state index >= 15 is 0 Å². The van der Waals surface area contributed by atoms with E-state index in [1.165, 1.54) is 23.0 Å². The number of amides is 1. The Morgan fingerprint density at radius 3 is 2.42 bits per heavy atom. The van der Waals surface area contributed by atoms with E-state index in [0.717, 1.165) is 19.3 Å². The molecule has 4 rings (SSSR count). The predicted molar refractivity (Wildman–Crippen MR) is 127 cm³/mol. The number of fused-ring (bicyclic) bond motifs is 1. The highest BCUT2D eigenvalue weighted by molar-refractivity contribution is 7.89. The number of carbonyl (C=O) groups is 1. The summed E-state index contributed by atoms with van der Waals surface area (Å²) < 4.78 is 29.3. The van der Waals surface area contributed by atoms with Crippen LogP contribution in [0.2, 0.25) is 0 Å². The monoisotopic (exact) mass is 468 g/mol. The van der Waals surface area contributed by atoms with Crippen LogP contribution in [0, 0.1) is 0 Å². The van der Waals surface area contributed by atoms with Gasteiger partial charge in [-0.25, -0.2) is 13.4 Å². The van der Waals surface area contributed by atoms with Crippen molar-refractivity contribution >= 4 is 32.5 Å². The Morgan fingerprint density at radius 1 is 1.06 bits per heavy atom. The first kappa shape index (κ1) is 23.1. The molecule has 0 saturated carbocycles. The molecule has 1 aliphatic heterocycles. The third-order valence-electron chi connectivity index (χ3n) is 6.14. The Kier molecular flexibility index (Phi) is 6.62. The molecule has 174 valence electrons. The molecule has 0 bridgehead atoms. The molecule has 2 heterocycles. The van der Waals surface area contributed by atoms with Crippen molar-refractivity contribution in [1.82, 2.24) is 13.9 Å². The lowest BCUT2D eigenvalue weighted by Crippen LogP contribution is -2.47. The Balaban J connectivity index is 1.40. The molecule has 1 aromatic heterocycles. The number of hydrogen-bond acceptors (Lipinski definition) is 5. The van der Waals surface area contributed by atoms with E-state index in [4.69, 9.17) is 0 Å². The van der Waals surface area contributed by atoms with Gasteiger partial charge in [0.2, 0.25) is 15.9 Å². The number of hydrogen-bond donors (Lipinski definition) is 1. The van der Waals surface area contributed by atoms with Crippen molar-refractivity contribution < 1.29 is 13.2 Å². The maximum Gasteiger partial charge on any atom is 0.261 e. The fraction of sp³-hybridized carbons (Fsp3) is 0.375. The zero-order valence-corrected chi connectivity index (χ0v) is 19.6. The maximum atomic E-state index is 13.1. The van der Waals surface area contributed by atoms with Crippen molar-refractivity contribution in [2.75, 3.05) is 5.32 Å². The summed E-state index contributed by atoms with van der Waals surface area (Å²) in [5, 5.41) is 3.27. The molecule has 0 aliphatic carbocycles. The SMILES string of the molecule is C[C@@H]1CCC[C@@H](C)N1S(=O)(=O)c1ccc(NC(=O)CCn2cnc3ccccc3c2=O)cc1. The van der Waals surface area contributed by atoms with Gasteiger partial charge < -0.3 is 5.32 Å². The van der Waals surface area contributed by atoms with E-state index < -0.39 is 10.0 Å². The highest BCUT2D eigenvalue weighted by Crippen LogP contribution is 2.30. The molecular formula is C24H28N4O4S. The minimum absolute atomic E-state index is 0.0360. The number of carbonyl (C=O) groups excluding carboxylic acids is 1. The molecular weight excluding hydrogens is 440 g/mol. The molecule has 0 unspecified atom stereocenters. The Labute approximate surface area is 193 Å². The Morgan fingerprint density at radius 2 is 1.73 bits per heavy atom. The molecule has 2 atom stereocenters. The molecule has 3 aromatic rings. The summed E-state index contributed by atoms with van der Waals surface area (Å²) >= 11 is 0. The highest BCUT2D eigenvalue weighted by atomic mass is 32.2. The van der Waals surface area contributed by atoms with Crippen LogP contribution in [0.15, 0.2) is 64.5 Å². The van der Waals surface area contributed by atoms with Gasteiger partial charge in [0.15, 0.2) is 0 Å². The van der Waals surface area contributed by atoms with Crippen LogP contribution in [0.4, 0.5) is 5.69 Å². The van der Waals surface area contributed by atoms with E-state index in [1.807, 2.05) is 19.9 Å². The van der Waals surface area contributed by atoms with Crippen LogP contribution in [0.3, 0.4) is 0 Å². The lowest BCUT2D eigenvalue weighted by atomic mass is 10.0. The number of para-hydroxylation sites is 1. The first-order valence-electron chi connectivity index (χ1n) is 11.1. The number of anilines is 1. The summed E-state index contributed by atoms with van der Waals surface area (Å²) in [6, 6.07) is 13.2. The van der Waals surface area contributed by atoms with Crippen LogP contribution in [0.5, 0.6) is 0 Å². The number of benzene rings is 2. The molecule has 1 aliphatic rings. The molecule has 33 heavy (non-hydrogen) atoms. The van der Waals surface area contributed by atoms with Crippen molar-refractivity contribution in [1.29, 1.82) is 0 Å². The van der Waals surface area contributed by atoms with Gasteiger partial charge in [-0.05, 0) is 63.1 Å². The first-order valence-corrected chi connectivity index (χ1v) is 12.6. The average molecular weight is 469 g/mol. The van der Waals surface area contributed by atoms with Crippen molar-refractivity contribution in [2.45, 2.75) is 63.1 Å². The van der Waals surface area contributed by atoms with Crippen LogP contribution < -0.4 is 10.9 Å². The second-order valence-electron chi connectivity index (χ2n) is 8.55. The largest absolute Gasteiger partial charge is 0.326 e. The number of nitrogens with one attached hydrogen (secondary N) is 1. The van der Waals surface area contributed by atoms with Crippen LogP contribution in [-0.2, 0) is 21.4 Å². The lowest BCUT2D eigenvalue weighted by molar-refractivity contribution is -0.116. The van der Waals surface area contributed by atoms with Crippen LogP contribution in [0.25, 0.3) is 10.9 Å². The first-order chi connectivity index (χ1) is 15.8. The third kappa shape index (κ3) is 4.84. The summed E-state index contributed by atoms with van der Waals surface area (Å²) in [5.74, 6) is -0.274. The molecule has 0 radical (unpaired) electrons. The van der Waals surface area contributed by atoms with Gasteiger partial charge in [0.25, 0.3) is 5.56 Å². The standard InChI is InChI=1S/C24H28N4O4S/c1-17-6-5-7-18(2)28(17)33(31,32)20-12-10-19(11-13-20)26-23(29)14-15-27-16-25-22-9-4-3-8-21(22)24(27)30/h3-4,8-13,16-18H,5-7,14-15H2,1-2H3,(H,26,29)/t17-,18-/m1/s1. The minimum Gasteiger partial charge on any atom is -0.326 e. The van der Waals surface area contributed by atoms with Crippen LogP contribution in [0.1, 0.15) is 39.5 Å². The summed E-state index contributed by atoms with van der Waals surface area (Å²) in [6.07, 6.45) is 4.27. The van der Waals surface area contributed by atoms with Crippen molar-refractivity contribution in [3.8, 4) is 0 Å². The molecule has 2 aromatic carbocycles. The van der Waals surface area contributed by atoms with Crippen LogP contribution >= 0.6 is 0 Å². The fourth-order valence-corrected chi connectivity index (χ4v) is 6.30. The minimum atomic E-state index is -3.60. The third-order valence-corrected chi connectivity index (χ3v) is 8.28. The van der Waals surface area contributed by atoms with E-state index in [0.29, 0.717) is 16.6 Å².